The second-order valence-electron chi connectivity index (χ2n) is 5.40. The van der Waals surface area contributed by atoms with Crippen molar-refractivity contribution < 1.29 is 14.1 Å². The number of hydrogen-bond acceptors (Lipinski definition) is 2. The lowest BCUT2D eigenvalue weighted by atomic mass is 10.1. The lowest BCUT2D eigenvalue weighted by molar-refractivity contribution is -0.577. The summed E-state index contributed by atoms with van der Waals surface area (Å²) in [6.07, 6.45) is 3.45. The van der Waals surface area contributed by atoms with Crippen molar-refractivity contribution in [2.75, 3.05) is 5.32 Å². The Balaban J connectivity index is 2.07. The van der Waals surface area contributed by atoms with Crippen LogP contribution in [0.5, 0.6) is 0 Å². The van der Waals surface area contributed by atoms with Gasteiger partial charge in [-0.1, -0.05) is 48.1 Å². The van der Waals surface area contributed by atoms with Crippen LogP contribution in [0.1, 0.15) is 5.56 Å². The second kappa shape index (κ2) is 8.08. The van der Waals surface area contributed by atoms with Gasteiger partial charge < -0.3 is 10.4 Å². The van der Waals surface area contributed by atoms with Gasteiger partial charge in [-0.25, -0.2) is 4.39 Å². The molecule has 0 radical (unpaired) electrons. The molecule has 130 valence electrons. The van der Waals surface area contributed by atoms with Crippen molar-refractivity contribution in [2.24, 2.45) is 0 Å². The molecule has 0 aliphatic heterocycles. The zero-order chi connectivity index (χ0) is 18.5. The third-order valence-electron chi connectivity index (χ3n) is 3.62. The lowest BCUT2D eigenvalue weighted by Gasteiger charge is -2.17. The Hall–Kier alpha value is -2.76. The van der Waals surface area contributed by atoms with Gasteiger partial charge in [-0.15, -0.1) is 0 Å². The largest absolute Gasteiger partial charge is 0.867 e. The van der Waals surface area contributed by atoms with Crippen molar-refractivity contribution in [1.29, 1.82) is 0 Å². The van der Waals surface area contributed by atoms with E-state index in [-0.39, 0.29) is 22.3 Å². The van der Waals surface area contributed by atoms with Gasteiger partial charge in [0.2, 0.25) is 5.70 Å². The summed E-state index contributed by atoms with van der Waals surface area (Å²) >= 11 is 11.6. The van der Waals surface area contributed by atoms with Crippen LogP contribution in [0.2, 0.25) is 5.02 Å². The molecule has 3 nitrogen and oxygen atoms in total. The molecular formula is C20H14ClFN2OS. The van der Waals surface area contributed by atoms with Gasteiger partial charge in [0.15, 0.2) is 17.4 Å². The molecule has 0 aliphatic rings. The summed E-state index contributed by atoms with van der Waals surface area (Å²) in [7, 11) is 0. The summed E-state index contributed by atoms with van der Waals surface area (Å²) in [5.74, 6) is -0.665. The van der Waals surface area contributed by atoms with Crippen LogP contribution in [-0.2, 0) is 0 Å². The lowest BCUT2D eigenvalue weighted by Crippen LogP contribution is -2.39. The normalized spacial score (nSPS) is 11.6. The molecule has 0 saturated carbocycles. The number of anilines is 1. The van der Waals surface area contributed by atoms with Crippen LogP contribution in [-0.4, -0.2) is 4.99 Å². The van der Waals surface area contributed by atoms with Gasteiger partial charge >= 0.3 is 0 Å². The zero-order valence-corrected chi connectivity index (χ0v) is 15.1. The van der Waals surface area contributed by atoms with Crippen molar-refractivity contribution in [3.05, 3.63) is 95.5 Å². The van der Waals surface area contributed by atoms with Crippen LogP contribution in [0.25, 0.3) is 11.5 Å². The van der Waals surface area contributed by atoms with Gasteiger partial charge in [0, 0.05) is 22.8 Å². The number of aromatic nitrogens is 1. The van der Waals surface area contributed by atoms with Crippen molar-refractivity contribution in [1.82, 2.24) is 0 Å². The molecule has 0 fully saturated rings. The highest BCUT2D eigenvalue weighted by Crippen LogP contribution is 2.23. The van der Waals surface area contributed by atoms with Gasteiger partial charge in [0.1, 0.15) is 5.82 Å². The van der Waals surface area contributed by atoms with E-state index in [1.54, 1.807) is 65.5 Å². The summed E-state index contributed by atoms with van der Waals surface area (Å²) in [6.45, 7) is 0. The van der Waals surface area contributed by atoms with Crippen molar-refractivity contribution >= 4 is 46.0 Å². The highest BCUT2D eigenvalue weighted by atomic mass is 35.5. The van der Waals surface area contributed by atoms with E-state index in [0.29, 0.717) is 16.3 Å². The smallest absolute Gasteiger partial charge is 0.238 e. The molecule has 0 atom stereocenters. The summed E-state index contributed by atoms with van der Waals surface area (Å²) in [4.78, 5) is 0.206. The Morgan fingerprint density at radius 1 is 0.962 bits per heavy atom. The number of rotatable bonds is 4. The van der Waals surface area contributed by atoms with Gasteiger partial charge in [-0.05, 0) is 41.7 Å². The SMILES string of the molecule is [O-]C(=C(C(=S)Nc1ccc(F)cc1)[n+]1ccccc1)c1ccccc1Cl. The van der Waals surface area contributed by atoms with E-state index in [0.717, 1.165) is 0 Å². The highest BCUT2D eigenvalue weighted by Gasteiger charge is 2.19. The molecule has 26 heavy (non-hydrogen) atoms. The molecule has 6 heteroatoms. The minimum atomic E-state index is -0.352. The van der Waals surface area contributed by atoms with Crippen LogP contribution in [0.15, 0.2) is 79.1 Å². The number of nitrogens with one attached hydrogen (secondary N) is 1. The molecule has 0 unspecified atom stereocenters. The molecule has 0 saturated heterocycles. The van der Waals surface area contributed by atoms with Crippen LogP contribution in [0.4, 0.5) is 10.1 Å². The van der Waals surface area contributed by atoms with Crippen molar-refractivity contribution in [3.8, 4) is 0 Å². The molecule has 1 aromatic heterocycles. The number of thiocarbonyl (C=S) groups is 1. The number of nitrogens with zero attached hydrogens (tertiary/aromatic N) is 1. The molecule has 0 amide bonds. The fraction of sp³-hybridized carbons (Fsp3) is 0. The first-order valence-corrected chi connectivity index (χ1v) is 8.54. The molecular weight excluding hydrogens is 371 g/mol. The van der Waals surface area contributed by atoms with Crippen LogP contribution >= 0.6 is 23.8 Å². The van der Waals surface area contributed by atoms with E-state index in [1.165, 1.54) is 12.1 Å². The van der Waals surface area contributed by atoms with Gasteiger partial charge in [0.05, 0.1) is 0 Å². The fourth-order valence-corrected chi connectivity index (χ4v) is 2.92. The minimum absolute atomic E-state index is 0.206. The monoisotopic (exact) mass is 384 g/mol. The minimum Gasteiger partial charge on any atom is -0.867 e. The Morgan fingerprint density at radius 3 is 2.27 bits per heavy atom. The molecule has 3 aromatic rings. The highest BCUT2D eigenvalue weighted by molar-refractivity contribution is 7.81. The van der Waals surface area contributed by atoms with Gasteiger partial charge in [0.25, 0.3) is 0 Å². The average Bonchev–Trinajstić information content (AvgIpc) is 2.65. The molecule has 1 N–H and O–H groups in total. The molecule has 0 bridgehead atoms. The summed E-state index contributed by atoms with van der Waals surface area (Å²) < 4.78 is 14.7. The van der Waals surface area contributed by atoms with E-state index in [9.17, 15) is 9.50 Å². The van der Waals surface area contributed by atoms with Gasteiger partial charge in [-0.2, -0.15) is 4.57 Å². The first kappa shape index (κ1) is 18.0. The predicted molar refractivity (Wildman–Crippen MR) is 104 cm³/mol. The summed E-state index contributed by atoms with van der Waals surface area (Å²) in [5, 5.41) is 16.4. The molecule has 0 spiro atoms. The van der Waals surface area contributed by atoms with E-state index in [1.807, 2.05) is 6.07 Å². The Morgan fingerprint density at radius 2 is 1.62 bits per heavy atom. The van der Waals surface area contributed by atoms with Crippen LogP contribution in [0.3, 0.4) is 0 Å². The maximum absolute atomic E-state index is 13.1. The Kier molecular flexibility index (Phi) is 5.61. The number of benzene rings is 2. The predicted octanol–water partition coefficient (Wildman–Crippen LogP) is 3.89. The molecule has 2 aromatic carbocycles. The van der Waals surface area contributed by atoms with E-state index in [4.69, 9.17) is 23.8 Å². The van der Waals surface area contributed by atoms with Crippen LogP contribution in [0, 0.1) is 5.82 Å². The molecule has 1 heterocycles. The molecule has 0 aliphatic carbocycles. The first-order valence-electron chi connectivity index (χ1n) is 7.76. The quantitative estimate of drug-likeness (QED) is 0.321. The molecule has 3 rings (SSSR count). The number of halogens is 2. The summed E-state index contributed by atoms with van der Waals surface area (Å²) in [5.41, 5.74) is 1.18. The topological polar surface area (TPSA) is 39.0 Å². The van der Waals surface area contributed by atoms with Crippen LogP contribution < -0.4 is 15.0 Å². The van der Waals surface area contributed by atoms with Crippen molar-refractivity contribution in [3.63, 3.8) is 0 Å². The Labute approximate surface area is 161 Å². The van der Waals surface area contributed by atoms with Gasteiger partial charge in [-0.3, -0.25) is 0 Å². The zero-order valence-electron chi connectivity index (χ0n) is 13.5. The van der Waals surface area contributed by atoms with E-state index < -0.39 is 0 Å². The summed E-state index contributed by atoms with van der Waals surface area (Å²) in [6, 6.07) is 17.9. The maximum Gasteiger partial charge on any atom is 0.238 e. The number of pyridine rings is 1. The third kappa shape index (κ3) is 4.07. The van der Waals surface area contributed by atoms with E-state index >= 15 is 0 Å². The second-order valence-corrected chi connectivity index (χ2v) is 6.22. The van der Waals surface area contributed by atoms with E-state index in [2.05, 4.69) is 5.32 Å². The first-order chi connectivity index (χ1) is 12.6. The van der Waals surface area contributed by atoms with Crippen molar-refractivity contribution in [2.45, 2.75) is 0 Å². The number of hydrogen-bond donors (Lipinski definition) is 1. The average molecular weight is 385 g/mol. The maximum atomic E-state index is 13.1. The standard InChI is InChI=1S/C20H14ClFN2OS/c21-17-7-3-2-6-16(17)19(25)18(24-12-4-1-5-13-24)20(26)23-15-10-8-14(22)9-11-15/h1-13H,(H-,23,25,26). The third-order valence-corrected chi connectivity index (χ3v) is 4.25. The fourth-order valence-electron chi connectivity index (χ4n) is 2.38. The Bertz CT molecular complexity index is 959.